The average molecular weight is 665 g/mol. The van der Waals surface area contributed by atoms with Crippen molar-refractivity contribution in [3.63, 3.8) is 0 Å². The van der Waals surface area contributed by atoms with Crippen molar-refractivity contribution in [3.8, 4) is 33.7 Å². The Morgan fingerprint density at radius 2 is 1.06 bits per heavy atom. The van der Waals surface area contributed by atoms with E-state index in [1.54, 1.807) is 0 Å². The normalized spacial score (nSPS) is 11.5. The van der Waals surface area contributed by atoms with Crippen LogP contribution in [0.3, 0.4) is 0 Å². The number of para-hydroxylation sites is 1. The summed E-state index contributed by atoms with van der Waals surface area (Å²) in [6.07, 6.45) is 0. The Balaban J connectivity index is 1.24. The summed E-state index contributed by atoms with van der Waals surface area (Å²) in [5, 5.41) is 6.87. The lowest BCUT2D eigenvalue weighted by Gasteiger charge is -2.29. The highest BCUT2D eigenvalue weighted by molar-refractivity contribution is 6.19. The van der Waals surface area contributed by atoms with Gasteiger partial charge in [-0.05, 0) is 98.2 Å². The van der Waals surface area contributed by atoms with E-state index in [0.717, 1.165) is 60.8 Å². The SMILES string of the molecule is c1ccc(-c2ccc(N(c3ccccc3)c3ccc4ccc5ccc6nc(-c7ccccc7)oc6c5c4c3)c(-c3cccc4ccccc34)c2)cc1. The number of hydrogen-bond acceptors (Lipinski definition) is 3. The molecule has 0 saturated heterocycles. The van der Waals surface area contributed by atoms with E-state index in [0.29, 0.717) is 5.89 Å². The van der Waals surface area contributed by atoms with Crippen LogP contribution in [-0.2, 0) is 0 Å². The third kappa shape index (κ3) is 5.10. The molecule has 3 nitrogen and oxygen atoms in total. The standard InChI is InChI=1S/C49H32N2O/c1-4-13-33(14-5-1)38-27-30-46(44(31-38)42-22-12-18-34-15-10-11-21-41(34)42)51(39-19-8-3-9-20-39)40-28-25-35-23-24-36-26-29-45-48(47(36)43(35)32-40)52-49(50-45)37-16-6-2-7-17-37/h1-32H. The fourth-order valence-corrected chi connectivity index (χ4v) is 7.57. The molecule has 0 bridgehead atoms. The summed E-state index contributed by atoms with van der Waals surface area (Å²) in [5.41, 5.74) is 10.5. The van der Waals surface area contributed by atoms with Crippen molar-refractivity contribution in [1.82, 2.24) is 4.98 Å². The molecule has 1 aromatic heterocycles. The second-order valence-electron chi connectivity index (χ2n) is 13.2. The average Bonchev–Trinajstić information content (AvgIpc) is 3.67. The zero-order chi connectivity index (χ0) is 34.4. The highest BCUT2D eigenvalue weighted by Gasteiger charge is 2.21. The van der Waals surface area contributed by atoms with E-state index in [4.69, 9.17) is 9.40 Å². The lowest BCUT2D eigenvalue weighted by Crippen LogP contribution is -2.11. The van der Waals surface area contributed by atoms with E-state index in [1.165, 1.54) is 27.5 Å². The number of hydrogen-bond donors (Lipinski definition) is 0. The van der Waals surface area contributed by atoms with Gasteiger partial charge in [0.25, 0.3) is 0 Å². The van der Waals surface area contributed by atoms with E-state index < -0.39 is 0 Å². The zero-order valence-electron chi connectivity index (χ0n) is 28.3. The molecule has 0 saturated carbocycles. The molecule has 0 spiro atoms. The summed E-state index contributed by atoms with van der Waals surface area (Å²) < 4.78 is 6.59. The quantitative estimate of drug-likeness (QED) is 0.166. The Morgan fingerprint density at radius 1 is 0.404 bits per heavy atom. The van der Waals surface area contributed by atoms with Gasteiger partial charge in [-0.25, -0.2) is 4.98 Å². The minimum Gasteiger partial charge on any atom is -0.435 e. The van der Waals surface area contributed by atoms with Crippen molar-refractivity contribution in [3.05, 3.63) is 194 Å². The largest absolute Gasteiger partial charge is 0.435 e. The molecule has 1 heterocycles. The molecule has 0 unspecified atom stereocenters. The van der Waals surface area contributed by atoms with Gasteiger partial charge in [-0.3, -0.25) is 0 Å². The highest BCUT2D eigenvalue weighted by Crippen LogP contribution is 2.46. The van der Waals surface area contributed by atoms with Crippen LogP contribution in [0.1, 0.15) is 0 Å². The van der Waals surface area contributed by atoms with Gasteiger partial charge in [-0.1, -0.05) is 140 Å². The number of anilines is 3. The van der Waals surface area contributed by atoms with Crippen molar-refractivity contribution in [1.29, 1.82) is 0 Å². The Bertz CT molecular complexity index is 2890. The molecule has 0 N–H and O–H groups in total. The molecule has 9 aromatic carbocycles. The highest BCUT2D eigenvalue weighted by atomic mass is 16.3. The predicted molar refractivity (Wildman–Crippen MR) is 218 cm³/mol. The second-order valence-corrected chi connectivity index (χ2v) is 13.2. The van der Waals surface area contributed by atoms with E-state index in [9.17, 15) is 0 Å². The van der Waals surface area contributed by atoms with Crippen molar-refractivity contribution >= 4 is 60.5 Å². The maximum atomic E-state index is 6.59. The number of fused-ring (bicyclic) bond motifs is 6. The second kappa shape index (κ2) is 12.4. The van der Waals surface area contributed by atoms with Gasteiger partial charge in [-0.2, -0.15) is 0 Å². The van der Waals surface area contributed by atoms with Crippen molar-refractivity contribution in [2.45, 2.75) is 0 Å². The minimum absolute atomic E-state index is 0.625. The fourth-order valence-electron chi connectivity index (χ4n) is 7.57. The third-order valence-corrected chi connectivity index (χ3v) is 10.1. The molecule has 0 aliphatic rings. The molecule has 52 heavy (non-hydrogen) atoms. The number of nitrogens with zero attached hydrogens (tertiary/aromatic N) is 2. The smallest absolute Gasteiger partial charge is 0.227 e. The molecule has 0 radical (unpaired) electrons. The van der Waals surface area contributed by atoms with Crippen molar-refractivity contribution in [2.24, 2.45) is 0 Å². The number of rotatable bonds is 6. The Kier molecular flexibility index (Phi) is 7.14. The molecule has 0 amide bonds. The summed E-state index contributed by atoms with van der Waals surface area (Å²) in [4.78, 5) is 7.31. The molecule has 244 valence electrons. The van der Waals surface area contributed by atoms with Crippen LogP contribution < -0.4 is 4.90 Å². The monoisotopic (exact) mass is 664 g/mol. The van der Waals surface area contributed by atoms with E-state index in [1.807, 2.05) is 30.3 Å². The maximum absolute atomic E-state index is 6.59. The van der Waals surface area contributed by atoms with Gasteiger partial charge in [0.2, 0.25) is 5.89 Å². The summed E-state index contributed by atoms with van der Waals surface area (Å²) in [6.45, 7) is 0. The van der Waals surface area contributed by atoms with E-state index >= 15 is 0 Å². The first-order valence-corrected chi connectivity index (χ1v) is 17.6. The molecule has 0 aliphatic heterocycles. The van der Waals surface area contributed by atoms with Crippen LogP contribution in [0.15, 0.2) is 199 Å². The molecule has 3 heteroatoms. The minimum atomic E-state index is 0.625. The summed E-state index contributed by atoms with van der Waals surface area (Å²) in [7, 11) is 0. The van der Waals surface area contributed by atoms with Gasteiger partial charge < -0.3 is 9.32 Å². The first-order valence-electron chi connectivity index (χ1n) is 17.6. The van der Waals surface area contributed by atoms with Gasteiger partial charge in [0, 0.05) is 27.9 Å². The van der Waals surface area contributed by atoms with Crippen LogP contribution in [0.5, 0.6) is 0 Å². The van der Waals surface area contributed by atoms with Crippen molar-refractivity contribution < 1.29 is 4.42 Å². The summed E-state index contributed by atoms with van der Waals surface area (Å²) in [5.74, 6) is 0.625. The number of benzene rings is 9. The van der Waals surface area contributed by atoms with Crippen LogP contribution >= 0.6 is 0 Å². The van der Waals surface area contributed by atoms with Crippen LogP contribution in [0.25, 0.3) is 77.1 Å². The lowest BCUT2D eigenvalue weighted by atomic mass is 9.92. The summed E-state index contributed by atoms with van der Waals surface area (Å²) >= 11 is 0. The van der Waals surface area contributed by atoms with Crippen LogP contribution in [0, 0.1) is 0 Å². The van der Waals surface area contributed by atoms with E-state index in [2.05, 4.69) is 169 Å². The maximum Gasteiger partial charge on any atom is 0.227 e. The first kappa shape index (κ1) is 29.9. The lowest BCUT2D eigenvalue weighted by molar-refractivity contribution is 0.623. The fraction of sp³-hybridized carbons (Fsp3) is 0. The van der Waals surface area contributed by atoms with Gasteiger partial charge in [0.15, 0.2) is 5.58 Å². The topological polar surface area (TPSA) is 29.3 Å². The van der Waals surface area contributed by atoms with Gasteiger partial charge in [0.1, 0.15) is 5.52 Å². The Hall–Kier alpha value is -6.97. The number of oxazole rings is 1. The Labute approximate surface area is 301 Å². The molecule has 0 atom stereocenters. The first-order chi connectivity index (χ1) is 25.8. The molecule has 0 fully saturated rings. The molecular weight excluding hydrogens is 633 g/mol. The number of aromatic nitrogens is 1. The van der Waals surface area contributed by atoms with Gasteiger partial charge in [0.05, 0.1) is 5.69 Å². The third-order valence-electron chi connectivity index (χ3n) is 10.1. The predicted octanol–water partition coefficient (Wildman–Crippen LogP) is 13.8. The summed E-state index contributed by atoms with van der Waals surface area (Å²) in [6, 6.07) is 68.9. The van der Waals surface area contributed by atoms with Crippen LogP contribution in [0.2, 0.25) is 0 Å². The van der Waals surface area contributed by atoms with Crippen molar-refractivity contribution in [2.75, 3.05) is 4.90 Å². The molecule has 0 aliphatic carbocycles. The molecular formula is C49H32N2O. The van der Waals surface area contributed by atoms with E-state index in [-0.39, 0.29) is 0 Å². The van der Waals surface area contributed by atoms with Gasteiger partial charge >= 0.3 is 0 Å². The zero-order valence-corrected chi connectivity index (χ0v) is 28.3. The van der Waals surface area contributed by atoms with Crippen LogP contribution in [-0.4, -0.2) is 4.98 Å². The van der Waals surface area contributed by atoms with Gasteiger partial charge in [-0.15, -0.1) is 0 Å². The molecule has 10 rings (SSSR count). The Morgan fingerprint density at radius 3 is 1.88 bits per heavy atom. The van der Waals surface area contributed by atoms with Crippen LogP contribution in [0.4, 0.5) is 17.1 Å². The molecule has 10 aromatic rings.